The summed E-state index contributed by atoms with van der Waals surface area (Å²) in [6.07, 6.45) is 3.59. The van der Waals surface area contributed by atoms with Crippen molar-refractivity contribution >= 4 is 44.9 Å². The molecule has 0 fully saturated rings. The summed E-state index contributed by atoms with van der Waals surface area (Å²) in [5, 5.41) is 6.23. The number of pyridine rings is 1. The van der Waals surface area contributed by atoms with Crippen LogP contribution in [0.5, 0.6) is 5.75 Å². The Bertz CT molecular complexity index is 942. The molecule has 6 nitrogen and oxygen atoms in total. The van der Waals surface area contributed by atoms with Crippen molar-refractivity contribution in [3.63, 3.8) is 0 Å². The lowest BCUT2D eigenvalue weighted by Gasteiger charge is -2.14. The number of anilines is 1. The Hall–Kier alpha value is -2.25. The second-order valence-electron chi connectivity index (χ2n) is 5.45. The van der Waals surface area contributed by atoms with Crippen molar-refractivity contribution in [1.29, 1.82) is 0 Å². The van der Waals surface area contributed by atoms with Gasteiger partial charge in [-0.05, 0) is 36.8 Å². The maximum atomic E-state index is 12.2. The Labute approximate surface area is 158 Å². The second kappa shape index (κ2) is 7.33. The molecule has 0 unspecified atom stereocenters. The number of nitrogens with zero attached hydrogens (tertiary/aromatic N) is 2. The van der Waals surface area contributed by atoms with E-state index in [-0.39, 0.29) is 6.03 Å². The number of ether oxygens (including phenoxy) is 1. The standard InChI is InChI=1S/C17H16BrClN4O2/c1-10-5-11(18)6-14(25-2)16(10)22-17(24)20-7-13-9-23-8-12(19)3-4-15(23)21-13/h3-6,8-9H,7H2,1-2H3,(H2,20,22,24). The van der Waals surface area contributed by atoms with E-state index in [9.17, 15) is 4.79 Å². The van der Waals surface area contributed by atoms with E-state index in [1.165, 1.54) is 0 Å². The summed E-state index contributed by atoms with van der Waals surface area (Å²) in [4.78, 5) is 16.6. The highest BCUT2D eigenvalue weighted by atomic mass is 79.9. The molecular formula is C17H16BrClN4O2. The third-order valence-corrected chi connectivity index (χ3v) is 4.30. The molecular weight excluding hydrogens is 408 g/mol. The number of carbonyl (C=O) groups is 1. The highest BCUT2D eigenvalue weighted by Crippen LogP contribution is 2.31. The van der Waals surface area contributed by atoms with Crippen LogP contribution in [0.4, 0.5) is 10.5 Å². The molecule has 0 radical (unpaired) electrons. The molecule has 130 valence electrons. The zero-order valence-corrected chi connectivity index (χ0v) is 16.0. The highest BCUT2D eigenvalue weighted by molar-refractivity contribution is 9.10. The molecule has 1 aromatic carbocycles. The molecule has 0 aliphatic rings. The summed E-state index contributed by atoms with van der Waals surface area (Å²) in [5.74, 6) is 0.587. The van der Waals surface area contributed by atoms with Gasteiger partial charge in [0.15, 0.2) is 0 Å². The number of hydrogen-bond donors (Lipinski definition) is 2. The monoisotopic (exact) mass is 422 g/mol. The second-order valence-corrected chi connectivity index (χ2v) is 6.80. The Morgan fingerprint density at radius 3 is 2.92 bits per heavy atom. The average molecular weight is 424 g/mol. The van der Waals surface area contributed by atoms with Crippen LogP contribution in [0, 0.1) is 6.92 Å². The molecule has 2 heterocycles. The number of rotatable bonds is 4. The van der Waals surface area contributed by atoms with Gasteiger partial charge in [-0.15, -0.1) is 0 Å². The smallest absolute Gasteiger partial charge is 0.319 e. The van der Waals surface area contributed by atoms with Crippen molar-refractivity contribution in [2.75, 3.05) is 12.4 Å². The number of amides is 2. The van der Waals surface area contributed by atoms with Crippen molar-refractivity contribution in [3.8, 4) is 5.75 Å². The summed E-state index contributed by atoms with van der Waals surface area (Å²) >= 11 is 9.37. The molecule has 2 N–H and O–H groups in total. The first-order valence-electron chi connectivity index (χ1n) is 7.48. The minimum atomic E-state index is -0.334. The SMILES string of the molecule is COc1cc(Br)cc(C)c1NC(=O)NCc1cn2cc(Cl)ccc2n1. The van der Waals surface area contributed by atoms with Crippen molar-refractivity contribution in [2.24, 2.45) is 0 Å². The summed E-state index contributed by atoms with van der Waals surface area (Å²) in [6.45, 7) is 2.19. The minimum absolute atomic E-state index is 0.295. The topological polar surface area (TPSA) is 67.7 Å². The predicted octanol–water partition coefficient (Wildman–Crippen LogP) is 4.39. The number of imidazole rings is 1. The van der Waals surface area contributed by atoms with E-state index in [2.05, 4.69) is 31.5 Å². The number of fused-ring (bicyclic) bond motifs is 1. The van der Waals surface area contributed by atoms with E-state index in [1.807, 2.05) is 29.7 Å². The first-order valence-corrected chi connectivity index (χ1v) is 8.65. The Morgan fingerprint density at radius 2 is 2.16 bits per heavy atom. The number of aromatic nitrogens is 2. The molecule has 3 aromatic rings. The van der Waals surface area contributed by atoms with Gasteiger partial charge in [0, 0.05) is 16.9 Å². The van der Waals surface area contributed by atoms with Crippen molar-refractivity contribution in [2.45, 2.75) is 13.5 Å². The van der Waals surface area contributed by atoms with E-state index in [0.717, 1.165) is 21.4 Å². The molecule has 0 saturated heterocycles. The van der Waals surface area contributed by atoms with Crippen LogP contribution in [-0.2, 0) is 6.54 Å². The number of urea groups is 1. The van der Waals surface area contributed by atoms with Crippen LogP contribution in [0.15, 0.2) is 41.1 Å². The van der Waals surface area contributed by atoms with Crippen LogP contribution in [-0.4, -0.2) is 22.5 Å². The van der Waals surface area contributed by atoms with Crippen molar-refractivity contribution in [1.82, 2.24) is 14.7 Å². The number of benzene rings is 1. The van der Waals surface area contributed by atoms with Crippen LogP contribution in [0.3, 0.4) is 0 Å². The van der Waals surface area contributed by atoms with Gasteiger partial charge in [-0.25, -0.2) is 9.78 Å². The summed E-state index contributed by atoms with van der Waals surface area (Å²) in [7, 11) is 1.56. The Morgan fingerprint density at radius 1 is 1.36 bits per heavy atom. The van der Waals surface area contributed by atoms with Gasteiger partial charge in [0.05, 0.1) is 30.1 Å². The van der Waals surface area contributed by atoms with E-state index in [4.69, 9.17) is 16.3 Å². The molecule has 0 atom stereocenters. The Kier molecular flexibility index (Phi) is 5.15. The summed E-state index contributed by atoms with van der Waals surface area (Å²) in [6, 6.07) is 6.97. The van der Waals surface area contributed by atoms with Gasteiger partial charge < -0.3 is 19.8 Å². The molecule has 2 aromatic heterocycles. The van der Waals surface area contributed by atoms with Gasteiger partial charge in [0.2, 0.25) is 0 Å². The maximum absolute atomic E-state index is 12.2. The number of hydrogen-bond acceptors (Lipinski definition) is 3. The normalized spacial score (nSPS) is 10.7. The van der Waals surface area contributed by atoms with Gasteiger partial charge >= 0.3 is 6.03 Å². The van der Waals surface area contributed by atoms with Crippen molar-refractivity contribution < 1.29 is 9.53 Å². The van der Waals surface area contributed by atoms with Gasteiger partial charge in [-0.1, -0.05) is 27.5 Å². The van der Waals surface area contributed by atoms with Crippen LogP contribution < -0.4 is 15.4 Å². The minimum Gasteiger partial charge on any atom is -0.495 e. The molecule has 3 rings (SSSR count). The molecule has 0 aliphatic carbocycles. The number of halogens is 2. The molecule has 0 bridgehead atoms. The average Bonchev–Trinajstić information content (AvgIpc) is 2.97. The van der Waals surface area contributed by atoms with Crippen LogP contribution in [0.2, 0.25) is 5.02 Å². The van der Waals surface area contributed by atoms with E-state index in [0.29, 0.717) is 23.0 Å². The van der Waals surface area contributed by atoms with E-state index >= 15 is 0 Å². The molecule has 0 saturated carbocycles. The number of aryl methyl sites for hydroxylation is 1. The maximum Gasteiger partial charge on any atom is 0.319 e. The largest absolute Gasteiger partial charge is 0.495 e. The highest BCUT2D eigenvalue weighted by Gasteiger charge is 2.12. The summed E-state index contributed by atoms with van der Waals surface area (Å²) < 4.78 is 8.03. The first-order chi connectivity index (χ1) is 12.0. The number of carbonyl (C=O) groups excluding carboxylic acids is 1. The predicted molar refractivity (Wildman–Crippen MR) is 101 cm³/mol. The van der Waals surface area contributed by atoms with Gasteiger partial charge in [-0.2, -0.15) is 0 Å². The quantitative estimate of drug-likeness (QED) is 0.654. The van der Waals surface area contributed by atoms with Crippen molar-refractivity contribution in [3.05, 3.63) is 57.4 Å². The zero-order valence-electron chi connectivity index (χ0n) is 13.6. The van der Waals surface area contributed by atoms with E-state index < -0.39 is 0 Å². The fourth-order valence-electron chi connectivity index (χ4n) is 2.46. The third kappa shape index (κ3) is 4.05. The Balaban J connectivity index is 1.68. The fraction of sp³-hybridized carbons (Fsp3) is 0.176. The van der Waals surface area contributed by atoms with Crippen LogP contribution in [0.25, 0.3) is 5.65 Å². The fourth-order valence-corrected chi connectivity index (χ4v) is 3.18. The molecule has 0 aliphatic heterocycles. The molecule has 25 heavy (non-hydrogen) atoms. The van der Waals surface area contributed by atoms with Crippen LogP contribution in [0.1, 0.15) is 11.3 Å². The van der Waals surface area contributed by atoms with Gasteiger partial charge in [-0.3, -0.25) is 0 Å². The molecule has 8 heteroatoms. The lowest BCUT2D eigenvalue weighted by molar-refractivity contribution is 0.251. The first kappa shape index (κ1) is 17.6. The lowest BCUT2D eigenvalue weighted by atomic mass is 10.2. The molecule has 2 amide bonds. The summed E-state index contributed by atoms with van der Waals surface area (Å²) in [5.41, 5.74) is 3.03. The number of nitrogens with one attached hydrogen (secondary N) is 2. The lowest BCUT2D eigenvalue weighted by Crippen LogP contribution is -2.28. The molecule has 0 spiro atoms. The third-order valence-electron chi connectivity index (χ3n) is 3.62. The van der Waals surface area contributed by atoms with Gasteiger partial charge in [0.25, 0.3) is 0 Å². The van der Waals surface area contributed by atoms with Gasteiger partial charge in [0.1, 0.15) is 11.4 Å². The van der Waals surface area contributed by atoms with Crippen LogP contribution >= 0.6 is 27.5 Å². The van der Waals surface area contributed by atoms with E-state index in [1.54, 1.807) is 25.4 Å². The zero-order chi connectivity index (χ0) is 18.0. The number of methoxy groups -OCH3 is 1.